The average Bonchev–Trinajstić information content (AvgIpc) is 2.39. The van der Waals surface area contributed by atoms with Crippen molar-refractivity contribution in [3.63, 3.8) is 0 Å². The molecule has 0 N–H and O–H groups in total. The summed E-state index contributed by atoms with van der Waals surface area (Å²) in [6.45, 7) is 1.91. The minimum absolute atomic E-state index is 0.0882. The third kappa shape index (κ3) is 3.58. The molecule has 0 fully saturated rings. The third-order valence-electron chi connectivity index (χ3n) is 2.68. The van der Waals surface area contributed by atoms with Gasteiger partial charge in [0.05, 0.1) is 16.6 Å². The lowest BCUT2D eigenvalue weighted by molar-refractivity contribution is 0.102. The highest BCUT2D eigenvalue weighted by Crippen LogP contribution is 2.11. The van der Waals surface area contributed by atoms with Gasteiger partial charge in [0.1, 0.15) is 5.82 Å². The number of benzene rings is 2. The van der Waals surface area contributed by atoms with Crippen LogP contribution in [0.2, 0.25) is 0 Å². The molecule has 0 spiro atoms. The molecule has 0 saturated heterocycles. The van der Waals surface area contributed by atoms with Crippen LogP contribution < -0.4 is 0 Å². The van der Waals surface area contributed by atoms with Gasteiger partial charge in [0.2, 0.25) is 0 Å². The number of halogens is 1. The van der Waals surface area contributed by atoms with Crippen LogP contribution in [-0.2, 0) is 10.8 Å². The van der Waals surface area contributed by atoms with E-state index in [0.29, 0.717) is 10.5 Å². The summed E-state index contributed by atoms with van der Waals surface area (Å²) in [7, 11) is -1.37. The molecule has 2 aromatic rings. The molecule has 4 heteroatoms. The Hall–Kier alpha value is -1.81. The Bertz CT molecular complexity index is 620. The highest BCUT2D eigenvalue weighted by atomic mass is 32.2. The highest BCUT2D eigenvalue weighted by Gasteiger charge is 2.12. The molecule has 0 radical (unpaired) electrons. The van der Waals surface area contributed by atoms with Crippen LogP contribution in [0.25, 0.3) is 0 Å². The van der Waals surface area contributed by atoms with Crippen LogP contribution in [0.5, 0.6) is 0 Å². The fourth-order valence-electron chi connectivity index (χ4n) is 1.68. The smallest absolute Gasteiger partial charge is 0.175 e. The topological polar surface area (TPSA) is 34.1 Å². The second kappa shape index (κ2) is 5.89. The molecule has 2 nitrogen and oxygen atoms in total. The molecule has 1 unspecified atom stereocenters. The van der Waals surface area contributed by atoms with Gasteiger partial charge < -0.3 is 0 Å². The minimum Gasteiger partial charge on any atom is -0.293 e. The molecule has 0 aliphatic carbocycles. The molecular weight excluding hydrogens is 263 g/mol. The summed E-state index contributed by atoms with van der Waals surface area (Å²) in [6, 6.07) is 12.5. The largest absolute Gasteiger partial charge is 0.293 e. The lowest BCUT2D eigenvalue weighted by atomic mass is 10.1. The molecule has 0 heterocycles. The van der Waals surface area contributed by atoms with Crippen LogP contribution in [0.3, 0.4) is 0 Å². The number of aryl methyl sites for hydroxylation is 1. The monoisotopic (exact) mass is 276 g/mol. The van der Waals surface area contributed by atoms with Crippen molar-refractivity contribution >= 4 is 16.6 Å². The van der Waals surface area contributed by atoms with Crippen LogP contribution in [-0.4, -0.2) is 15.7 Å². The Morgan fingerprint density at radius 2 is 1.84 bits per heavy atom. The molecule has 0 aromatic heterocycles. The molecule has 0 bridgehead atoms. The molecule has 0 aliphatic heterocycles. The van der Waals surface area contributed by atoms with E-state index in [9.17, 15) is 13.4 Å². The van der Waals surface area contributed by atoms with Gasteiger partial charge in [-0.05, 0) is 48.9 Å². The van der Waals surface area contributed by atoms with Gasteiger partial charge in [-0.2, -0.15) is 0 Å². The van der Waals surface area contributed by atoms with E-state index in [1.165, 1.54) is 24.3 Å². The standard InChI is InChI=1S/C15H13FO2S/c1-11-3-2-4-14(9-11)19(18)10-15(17)12-5-7-13(16)8-6-12/h2-9H,10H2,1H3. The normalized spacial score (nSPS) is 12.1. The van der Waals surface area contributed by atoms with Crippen LogP contribution in [0, 0.1) is 12.7 Å². The summed E-state index contributed by atoms with van der Waals surface area (Å²) in [6.07, 6.45) is 0. The van der Waals surface area contributed by atoms with Gasteiger partial charge in [0.25, 0.3) is 0 Å². The van der Waals surface area contributed by atoms with Crippen LogP contribution >= 0.6 is 0 Å². The molecule has 2 rings (SSSR count). The number of hydrogen-bond acceptors (Lipinski definition) is 2. The maximum Gasteiger partial charge on any atom is 0.175 e. The second-order valence-electron chi connectivity index (χ2n) is 4.24. The van der Waals surface area contributed by atoms with Crippen molar-refractivity contribution in [3.8, 4) is 0 Å². The zero-order chi connectivity index (χ0) is 13.8. The highest BCUT2D eigenvalue weighted by molar-refractivity contribution is 7.85. The summed E-state index contributed by atoms with van der Waals surface area (Å²) in [5, 5.41) is 0. The van der Waals surface area contributed by atoms with Crippen LogP contribution in [0.1, 0.15) is 15.9 Å². The summed E-state index contributed by atoms with van der Waals surface area (Å²) in [5.74, 6) is -0.731. The van der Waals surface area contributed by atoms with Crippen LogP contribution in [0.4, 0.5) is 4.39 Å². The quantitative estimate of drug-likeness (QED) is 0.804. The van der Waals surface area contributed by atoms with E-state index >= 15 is 0 Å². The van der Waals surface area contributed by atoms with E-state index in [1.807, 2.05) is 19.1 Å². The first-order valence-electron chi connectivity index (χ1n) is 5.80. The Balaban J connectivity index is 2.11. The van der Waals surface area contributed by atoms with Crippen molar-refractivity contribution in [2.75, 3.05) is 5.75 Å². The molecule has 0 amide bonds. The lowest BCUT2D eigenvalue weighted by Crippen LogP contribution is -2.11. The minimum atomic E-state index is -1.37. The molecule has 19 heavy (non-hydrogen) atoms. The van der Waals surface area contributed by atoms with Crippen molar-refractivity contribution in [2.24, 2.45) is 0 Å². The fraction of sp³-hybridized carbons (Fsp3) is 0.133. The van der Waals surface area contributed by atoms with Crippen molar-refractivity contribution < 1.29 is 13.4 Å². The number of carbonyl (C=O) groups is 1. The maximum atomic E-state index is 12.8. The first-order chi connectivity index (χ1) is 9.06. The molecule has 98 valence electrons. The average molecular weight is 276 g/mol. The van der Waals surface area contributed by atoms with Gasteiger partial charge >= 0.3 is 0 Å². The van der Waals surface area contributed by atoms with Crippen molar-refractivity contribution in [3.05, 3.63) is 65.5 Å². The van der Waals surface area contributed by atoms with Gasteiger partial charge in [-0.25, -0.2) is 4.39 Å². The number of ketones is 1. The number of hydrogen-bond donors (Lipinski definition) is 0. The van der Waals surface area contributed by atoms with E-state index in [1.54, 1.807) is 12.1 Å². The lowest BCUT2D eigenvalue weighted by Gasteiger charge is -2.03. The first kappa shape index (κ1) is 13.6. The van der Waals surface area contributed by atoms with E-state index in [0.717, 1.165) is 5.56 Å². The predicted octanol–water partition coefficient (Wildman–Crippen LogP) is 3.12. The summed E-state index contributed by atoms with van der Waals surface area (Å²) in [5.41, 5.74) is 1.38. The molecule has 1 atom stereocenters. The van der Waals surface area contributed by atoms with E-state index in [-0.39, 0.29) is 11.5 Å². The van der Waals surface area contributed by atoms with Gasteiger partial charge in [-0.15, -0.1) is 0 Å². The third-order valence-corrected chi connectivity index (χ3v) is 3.98. The summed E-state index contributed by atoms with van der Waals surface area (Å²) >= 11 is 0. The molecule has 0 aliphatic rings. The Kier molecular flexibility index (Phi) is 4.22. The number of rotatable bonds is 4. The van der Waals surface area contributed by atoms with Crippen molar-refractivity contribution in [2.45, 2.75) is 11.8 Å². The van der Waals surface area contributed by atoms with Gasteiger partial charge in [0, 0.05) is 10.5 Å². The summed E-state index contributed by atoms with van der Waals surface area (Å²) in [4.78, 5) is 12.5. The zero-order valence-corrected chi connectivity index (χ0v) is 11.2. The molecular formula is C15H13FO2S. The first-order valence-corrected chi connectivity index (χ1v) is 7.12. The number of Topliss-reactive ketones (excluding diaryl/α,β-unsaturated/α-hetero) is 1. The van der Waals surface area contributed by atoms with E-state index < -0.39 is 16.6 Å². The van der Waals surface area contributed by atoms with Crippen molar-refractivity contribution in [1.82, 2.24) is 0 Å². The maximum absolute atomic E-state index is 12.8. The van der Waals surface area contributed by atoms with Gasteiger partial charge in [-0.1, -0.05) is 12.1 Å². The molecule has 2 aromatic carbocycles. The number of carbonyl (C=O) groups excluding carboxylic acids is 1. The molecule has 0 saturated carbocycles. The van der Waals surface area contributed by atoms with Crippen molar-refractivity contribution in [1.29, 1.82) is 0 Å². The Morgan fingerprint density at radius 1 is 1.16 bits per heavy atom. The Morgan fingerprint density at radius 3 is 2.47 bits per heavy atom. The summed E-state index contributed by atoms with van der Waals surface area (Å²) < 4.78 is 24.8. The van der Waals surface area contributed by atoms with Crippen LogP contribution in [0.15, 0.2) is 53.4 Å². The van der Waals surface area contributed by atoms with Gasteiger partial charge in [-0.3, -0.25) is 9.00 Å². The predicted molar refractivity (Wildman–Crippen MR) is 73.2 cm³/mol. The van der Waals surface area contributed by atoms with Gasteiger partial charge in [0.15, 0.2) is 5.78 Å². The second-order valence-corrected chi connectivity index (χ2v) is 5.69. The SMILES string of the molecule is Cc1cccc(S(=O)CC(=O)c2ccc(F)cc2)c1. The van der Waals surface area contributed by atoms with E-state index in [2.05, 4.69) is 0 Å². The van der Waals surface area contributed by atoms with E-state index in [4.69, 9.17) is 0 Å². The Labute approximate surface area is 113 Å². The fourth-order valence-corrected chi connectivity index (χ4v) is 2.80. The zero-order valence-electron chi connectivity index (χ0n) is 10.4.